The third-order valence-corrected chi connectivity index (χ3v) is 3.68. The molecule has 0 fully saturated rings. The molecular formula is C19H24N2O2. The molecule has 2 rings (SSSR count). The van der Waals surface area contributed by atoms with Crippen molar-refractivity contribution in [3.05, 3.63) is 59.2 Å². The SMILES string of the molecule is Cc1cccc(COc2ccc(CCC(=O)N(C)C)cc2N)c1. The Bertz CT molecular complexity index is 681. The fourth-order valence-corrected chi connectivity index (χ4v) is 2.32. The van der Waals surface area contributed by atoms with Crippen LogP contribution in [0.2, 0.25) is 0 Å². The molecule has 23 heavy (non-hydrogen) atoms. The summed E-state index contributed by atoms with van der Waals surface area (Å²) in [5, 5.41) is 0. The molecule has 2 aromatic rings. The second kappa shape index (κ2) is 7.68. The molecule has 2 aromatic carbocycles. The first kappa shape index (κ1) is 16.9. The number of aryl methyl sites for hydroxylation is 2. The Labute approximate surface area is 137 Å². The number of anilines is 1. The topological polar surface area (TPSA) is 55.6 Å². The van der Waals surface area contributed by atoms with Gasteiger partial charge in [-0.05, 0) is 36.6 Å². The standard InChI is InChI=1S/C19H24N2O2/c1-14-5-4-6-16(11-14)13-23-18-9-7-15(12-17(18)20)8-10-19(22)21(2)3/h4-7,9,11-12H,8,10,13,20H2,1-3H3. The van der Waals surface area contributed by atoms with E-state index in [0.29, 0.717) is 30.9 Å². The zero-order valence-electron chi connectivity index (χ0n) is 14.0. The van der Waals surface area contributed by atoms with Crippen molar-refractivity contribution in [3.8, 4) is 5.75 Å². The maximum Gasteiger partial charge on any atom is 0.222 e. The smallest absolute Gasteiger partial charge is 0.222 e. The molecule has 0 aliphatic carbocycles. The first-order valence-electron chi connectivity index (χ1n) is 7.72. The monoisotopic (exact) mass is 312 g/mol. The molecule has 4 heteroatoms. The average molecular weight is 312 g/mol. The third-order valence-electron chi connectivity index (χ3n) is 3.68. The van der Waals surface area contributed by atoms with Crippen LogP contribution in [0.3, 0.4) is 0 Å². The van der Waals surface area contributed by atoms with Gasteiger partial charge in [0.25, 0.3) is 0 Å². The van der Waals surface area contributed by atoms with E-state index in [1.54, 1.807) is 19.0 Å². The number of carbonyl (C=O) groups excluding carboxylic acids is 1. The van der Waals surface area contributed by atoms with Gasteiger partial charge < -0.3 is 15.4 Å². The zero-order chi connectivity index (χ0) is 16.8. The van der Waals surface area contributed by atoms with Gasteiger partial charge in [0.1, 0.15) is 12.4 Å². The maximum absolute atomic E-state index is 11.6. The molecule has 0 saturated heterocycles. The van der Waals surface area contributed by atoms with Crippen molar-refractivity contribution in [2.45, 2.75) is 26.4 Å². The van der Waals surface area contributed by atoms with Crippen LogP contribution in [0.25, 0.3) is 0 Å². The quantitative estimate of drug-likeness (QED) is 0.834. The number of benzene rings is 2. The molecule has 2 N–H and O–H groups in total. The summed E-state index contributed by atoms with van der Waals surface area (Å²) >= 11 is 0. The van der Waals surface area contributed by atoms with Crippen molar-refractivity contribution in [3.63, 3.8) is 0 Å². The number of rotatable bonds is 6. The van der Waals surface area contributed by atoms with Gasteiger partial charge in [0.2, 0.25) is 5.91 Å². The van der Waals surface area contributed by atoms with Crippen LogP contribution in [0.1, 0.15) is 23.1 Å². The summed E-state index contributed by atoms with van der Waals surface area (Å²) < 4.78 is 5.80. The Morgan fingerprint density at radius 3 is 2.57 bits per heavy atom. The number of hydrogen-bond acceptors (Lipinski definition) is 3. The van der Waals surface area contributed by atoms with E-state index < -0.39 is 0 Å². The normalized spacial score (nSPS) is 10.4. The number of nitrogen functional groups attached to an aromatic ring is 1. The fraction of sp³-hybridized carbons (Fsp3) is 0.316. The Morgan fingerprint density at radius 1 is 1.13 bits per heavy atom. The minimum Gasteiger partial charge on any atom is -0.487 e. The maximum atomic E-state index is 11.6. The Morgan fingerprint density at radius 2 is 1.91 bits per heavy atom. The van der Waals surface area contributed by atoms with Gasteiger partial charge in [-0.3, -0.25) is 4.79 Å². The lowest BCUT2D eigenvalue weighted by Gasteiger charge is -2.12. The van der Waals surface area contributed by atoms with Crippen LogP contribution in [0, 0.1) is 6.92 Å². The average Bonchev–Trinajstić information content (AvgIpc) is 2.51. The summed E-state index contributed by atoms with van der Waals surface area (Å²) in [5.41, 5.74) is 10.0. The van der Waals surface area contributed by atoms with Crippen LogP contribution in [0.5, 0.6) is 5.75 Å². The summed E-state index contributed by atoms with van der Waals surface area (Å²) in [4.78, 5) is 13.2. The van der Waals surface area contributed by atoms with E-state index in [1.165, 1.54) is 5.56 Å². The van der Waals surface area contributed by atoms with Gasteiger partial charge in [0.15, 0.2) is 0 Å². The number of nitrogens with zero attached hydrogens (tertiary/aromatic N) is 1. The second-order valence-corrected chi connectivity index (χ2v) is 5.94. The minimum atomic E-state index is 0.114. The number of ether oxygens (including phenoxy) is 1. The minimum absolute atomic E-state index is 0.114. The highest BCUT2D eigenvalue weighted by atomic mass is 16.5. The highest BCUT2D eigenvalue weighted by molar-refractivity contribution is 5.75. The van der Waals surface area contributed by atoms with Crippen LogP contribution in [0.4, 0.5) is 5.69 Å². The van der Waals surface area contributed by atoms with Crippen LogP contribution in [-0.4, -0.2) is 24.9 Å². The molecule has 0 aromatic heterocycles. The molecule has 0 unspecified atom stereocenters. The molecule has 0 heterocycles. The van der Waals surface area contributed by atoms with E-state index in [0.717, 1.165) is 11.1 Å². The van der Waals surface area contributed by atoms with Crippen LogP contribution < -0.4 is 10.5 Å². The fourth-order valence-electron chi connectivity index (χ4n) is 2.32. The molecule has 0 radical (unpaired) electrons. The lowest BCUT2D eigenvalue weighted by Crippen LogP contribution is -2.21. The molecule has 0 aliphatic rings. The molecule has 4 nitrogen and oxygen atoms in total. The second-order valence-electron chi connectivity index (χ2n) is 5.94. The van der Waals surface area contributed by atoms with E-state index >= 15 is 0 Å². The summed E-state index contributed by atoms with van der Waals surface area (Å²) in [6, 6.07) is 13.9. The van der Waals surface area contributed by atoms with E-state index in [2.05, 4.69) is 19.1 Å². The number of nitrogens with two attached hydrogens (primary N) is 1. The molecule has 0 atom stereocenters. The first-order valence-corrected chi connectivity index (χ1v) is 7.72. The first-order chi connectivity index (χ1) is 11.0. The predicted octanol–water partition coefficient (Wildman–Crippen LogP) is 3.18. The zero-order valence-corrected chi connectivity index (χ0v) is 14.0. The van der Waals surface area contributed by atoms with Gasteiger partial charge in [0, 0.05) is 20.5 Å². The van der Waals surface area contributed by atoms with Crippen molar-refractivity contribution >= 4 is 11.6 Å². The van der Waals surface area contributed by atoms with E-state index in [1.807, 2.05) is 30.3 Å². The predicted molar refractivity (Wildman–Crippen MR) is 93.4 cm³/mol. The summed E-state index contributed by atoms with van der Waals surface area (Å²) in [5.74, 6) is 0.789. The molecular weight excluding hydrogens is 288 g/mol. The number of amides is 1. The van der Waals surface area contributed by atoms with Crippen molar-refractivity contribution in [1.82, 2.24) is 4.90 Å². The van der Waals surface area contributed by atoms with E-state index in [9.17, 15) is 4.79 Å². The van der Waals surface area contributed by atoms with Gasteiger partial charge in [-0.1, -0.05) is 35.9 Å². The Balaban J connectivity index is 1.95. The highest BCUT2D eigenvalue weighted by Gasteiger charge is 2.07. The molecule has 0 spiro atoms. The summed E-state index contributed by atoms with van der Waals surface area (Å²) in [7, 11) is 3.53. The summed E-state index contributed by atoms with van der Waals surface area (Å²) in [6.45, 7) is 2.55. The van der Waals surface area contributed by atoms with Crippen LogP contribution in [0.15, 0.2) is 42.5 Å². The lowest BCUT2D eigenvalue weighted by atomic mass is 10.1. The molecule has 1 amide bonds. The largest absolute Gasteiger partial charge is 0.487 e. The number of carbonyl (C=O) groups is 1. The molecule has 0 aliphatic heterocycles. The molecule has 0 saturated carbocycles. The van der Waals surface area contributed by atoms with Gasteiger partial charge in [-0.15, -0.1) is 0 Å². The Hall–Kier alpha value is -2.49. The highest BCUT2D eigenvalue weighted by Crippen LogP contribution is 2.24. The molecule has 0 bridgehead atoms. The summed E-state index contributed by atoms with van der Waals surface area (Å²) in [6.07, 6.45) is 1.16. The van der Waals surface area contributed by atoms with Crippen LogP contribution in [-0.2, 0) is 17.8 Å². The van der Waals surface area contributed by atoms with Gasteiger partial charge in [-0.2, -0.15) is 0 Å². The number of hydrogen-bond donors (Lipinski definition) is 1. The van der Waals surface area contributed by atoms with Crippen LogP contribution >= 0.6 is 0 Å². The van der Waals surface area contributed by atoms with Crippen molar-refractivity contribution in [1.29, 1.82) is 0 Å². The van der Waals surface area contributed by atoms with Gasteiger partial charge >= 0.3 is 0 Å². The van der Waals surface area contributed by atoms with Crippen molar-refractivity contribution < 1.29 is 9.53 Å². The van der Waals surface area contributed by atoms with E-state index in [-0.39, 0.29) is 5.91 Å². The van der Waals surface area contributed by atoms with Gasteiger partial charge in [-0.25, -0.2) is 0 Å². The molecule has 122 valence electrons. The lowest BCUT2D eigenvalue weighted by molar-refractivity contribution is -0.128. The Kier molecular flexibility index (Phi) is 5.63. The van der Waals surface area contributed by atoms with Gasteiger partial charge in [0.05, 0.1) is 5.69 Å². The van der Waals surface area contributed by atoms with E-state index in [4.69, 9.17) is 10.5 Å². The third kappa shape index (κ3) is 5.02. The van der Waals surface area contributed by atoms with Crippen molar-refractivity contribution in [2.75, 3.05) is 19.8 Å². The van der Waals surface area contributed by atoms with Crippen molar-refractivity contribution in [2.24, 2.45) is 0 Å².